The fraction of sp³-hybridized carbons (Fsp3) is 0.909. The molecule has 0 aromatic rings. The monoisotopic (exact) mass is 392 g/mol. The summed E-state index contributed by atoms with van der Waals surface area (Å²) in [6.07, 6.45) is 11.0. The number of urea groups is 1. The summed E-state index contributed by atoms with van der Waals surface area (Å²) < 4.78 is 0. The average molecular weight is 393 g/mol. The Morgan fingerprint density at radius 3 is 2.36 bits per heavy atom. The predicted octanol–water partition coefficient (Wildman–Crippen LogP) is 3.07. The zero-order valence-corrected chi connectivity index (χ0v) is 18.0. The number of hydrogen-bond acceptors (Lipinski definition) is 3. The van der Waals surface area contributed by atoms with Crippen molar-refractivity contribution in [3.63, 3.8) is 0 Å². The number of nitrogens with one attached hydrogen (secondary N) is 1. The van der Waals surface area contributed by atoms with Crippen LogP contribution in [0.1, 0.15) is 71.6 Å². The van der Waals surface area contributed by atoms with Crippen LogP contribution in [-0.4, -0.2) is 78.0 Å². The Hall–Kier alpha value is -1.30. The van der Waals surface area contributed by atoms with Gasteiger partial charge in [0.05, 0.1) is 5.92 Å². The molecule has 3 aliphatic rings. The molecule has 6 heteroatoms. The van der Waals surface area contributed by atoms with Gasteiger partial charge in [-0.1, -0.05) is 19.3 Å². The van der Waals surface area contributed by atoms with Crippen LogP contribution in [0.4, 0.5) is 4.79 Å². The molecule has 1 N–H and O–H groups in total. The summed E-state index contributed by atoms with van der Waals surface area (Å²) in [6, 6.07) is 1.32. The molecular formula is C22H40N4O2. The van der Waals surface area contributed by atoms with Gasteiger partial charge in [0, 0.05) is 44.8 Å². The van der Waals surface area contributed by atoms with Gasteiger partial charge in [0.15, 0.2) is 0 Å². The van der Waals surface area contributed by atoms with Crippen molar-refractivity contribution in [1.82, 2.24) is 20.0 Å². The lowest BCUT2D eigenvalue weighted by Crippen LogP contribution is -2.51. The largest absolute Gasteiger partial charge is 0.354 e. The van der Waals surface area contributed by atoms with Gasteiger partial charge in [-0.2, -0.15) is 0 Å². The zero-order chi connectivity index (χ0) is 19.9. The molecule has 2 atom stereocenters. The van der Waals surface area contributed by atoms with Crippen LogP contribution in [0.2, 0.25) is 0 Å². The van der Waals surface area contributed by atoms with E-state index in [0.717, 1.165) is 45.1 Å². The maximum Gasteiger partial charge on any atom is 0.320 e. The van der Waals surface area contributed by atoms with Crippen LogP contribution >= 0.6 is 0 Å². The predicted molar refractivity (Wildman–Crippen MR) is 112 cm³/mol. The highest BCUT2D eigenvalue weighted by Gasteiger charge is 2.33. The van der Waals surface area contributed by atoms with Crippen molar-refractivity contribution in [3.05, 3.63) is 0 Å². The first-order chi connectivity index (χ1) is 13.6. The lowest BCUT2D eigenvalue weighted by molar-refractivity contribution is -0.126. The number of amides is 3. The zero-order valence-electron chi connectivity index (χ0n) is 18.0. The summed E-state index contributed by atoms with van der Waals surface area (Å²) in [5.41, 5.74) is 0. The number of carbonyl (C=O) groups excluding carboxylic acids is 2. The molecule has 2 aliphatic heterocycles. The minimum atomic E-state index is -0.0576. The van der Waals surface area contributed by atoms with Crippen molar-refractivity contribution in [2.75, 3.05) is 39.3 Å². The van der Waals surface area contributed by atoms with Crippen molar-refractivity contribution in [1.29, 1.82) is 0 Å². The number of rotatable bonds is 6. The third-order valence-electron chi connectivity index (χ3n) is 7.07. The maximum absolute atomic E-state index is 12.8. The summed E-state index contributed by atoms with van der Waals surface area (Å²) in [6.45, 7) is 8.78. The molecule has 0 bridgehead atoms. The van der Waals surface area contributed by atoms with E-state index < -0.39 is 0 Å². The molecule has 2 saturated heterocycles. The molecule has 0 radical (unpaired) electrons. The molecule has 3 amide bonds. The number of nitrogens with zero attached hydrogens (tertiary/aromatic N) is 3. The first kappa shape index (κ1) is 21.4. The van der Waals surface area contributed by atoms with E-state index in [4.69, 9.17) is 0 Å². The van der Waals surface area contributed by atoms with Crippen molar-refractivity contribution < 1.29 is 9.59 Å². The van der Waals surface area contributed by atoms with Crippen molar-refractivity contribution >= 4 is 11.9 Å². The summed E-state index contributed by atoms with van der Waals surface area (Å²) in [4.78, 5) is 31.9. The molecule has 0 aromatic carbocycles. The second-order valence-corrected chi connectivity index (χ2v) is 8.81. The van der Waals surface area contributed by atoms with Crippen LogP contribution in [0, 0.1) is 5.92 Å². The summed E-state index contributed by atoms with van der Waals surface area (Å²) in [5, 5.41) is 3.25. The molecule has 3 rings (SSSR count). The SMILES string of the molecule is CCN(CC)C(=O)N1CCC[C@@H](C(=O)NC[C@H]2CCCN2C2CCCCC2)C1. The molecule has 0 aromatic heterocycles. The van der Waals surface area contributed by atoms with E-state index in [1.807, 2.05) is 23.6 Å². The smallest absolute Gasteiger partial charge is 0.320 e. The Kier molecular flexibility index (Phi) is 8.00. The van der Waals surface area contributed by atoms with Gasteiger partial charge in [0.25, 0.3) is 0 Å². The van der Waals surface area contributed by atoms with Crippen molar-refractivity contribution in [2.24, 2.45) is 5.92 Å². The lowest BCUT2D eigenvalue weighted by Gasteiger charge is -2.37. The average Bonchev–Trinajstić information content (AvgIpc) is 3.22. The molecule has 1 aliphatic carbocycles. The highest BCUT2D eigenvalue weighted by atomic mass is 16.2. The van der Waals surface area contributed by atoms with E-state index in [1.54, 1.807) is 0 Å². The van der Waals surface area contributed by atoms with E-state index in [0.29, 0.717) is 12.6 Å². The summed E-state index contributed by atoms with van der Waals surface area (Å²) in [5.74, 6) is 0.0883. The third kappa shape index (κ3) is 5.19. The quantitative estimate of drug-likeness (QED) is 0.756. The Morgan fingerprint density at radius 1 is 0.929 bits per heavy atom. The molecule has 6 nitrogen and oxygen atoms in total. The maximum atomic E-state index is 12.8. The van der Waals surface area contributed by atoms with Gasteiger partial charge in [-0.25, -0.2) is 4.79 Å². The second kappa shape index (κ2) is 10.5. The minimum Gasteiger partial charge on any atom is -0.354 e. The minimum absolute atomic E-state index is 0.0576. The Balaban J connectivity index is 1.48. The molecule has 0 unspecified atom stereocenters. The van der Waals surface area contributed by atoms with Gasteiger partial charge in [0.1, 0.15) is 0 Å². The molecule has 0 spiro atoms. The highest BCUT2D eigenvalue weighted by Crippen LogP contribution is 2.29. The van der Waals surface area contributed by atoms with E-state index in [1.165, 1.54) is 51.5 Å². The highest BCUT2D eigenvalue weighted by molar-refractivity contribution is 5.81. The van der Waals surface area contributed by atoms with Crippen LogP contribution in [0.3, 0.4) is 0 Å². The van der Waals surface area contributed by atoms with Crippen LogP contribution in [0.25, 0.3) is 0 Å². The fourth-order valence-electron chi connectivity index (χ4n) is 5.39. The van der Waals surface area contributed by atoms with E-state index in [9.17, 15) is 9.59 Å². The van der Waals surface area contributed by atoms with Gasteiger partial charge < -0.3 is 15.1 Å². The van der Waals surface area contributed by atoms with Crippen LogP contribution in [-0.2, 0) is 4.79 Å². The van der Waals surface area contributed by atoms with Crippen molar-refractivity contribution in [3.8, 4) is 0 Å². The molecule has 2 heterocycles. The molecule has 160 valence electrons. The molecule has 1 saturated carbocycles. The van der Waals surface area contributed by atoms with Gasteiger partial charge in [-0.15, -0.1) is 0 Å². The number of piperidine rings is 1. The van der Waals surface area contributed by atoms with E-state index in [-0.39, 0.29) is 17.9 Å². The molecule has 3 fully saturated rings. The topological polar surface area (TPSA) is 55.9 Å². The number of carbonyl (C=O) groups is 2. The first-order valence-corrected chi connectivity index (χ1v) is 11.7. The normalized spacial score (nSPS) is 27.0. The fourth-order valence-corrected chi connectivity index (χ4v) is 5.39. The second-order valence-electron chi connectivity index (χ2n) is 8.81. The van der Waals surface area contributed by atoms with Gasteiger partial charge in [-0.05, 0) is 58.9 Å². The Bertz CT molecular complexity index is 517. The van der Waals surface area contributed by atoms with E-state index in [2.05, 4.69) is 10.2 Å². The van der Waals surface area contributed by atoms with Gasteiger partial charge >= 0.3 is 6.03 Å². The number of likely N-dealkylation sites (tertiary alicyclic amines) is 2. The van der Waals surface area contributed by atoms with Gasteiger partial charge in [0.2, 0.25) is 5.91 Å². The van der Waals surface area contributed by atoms with Gasteiger partial charge in [-0.3, -0.25) is 9.69 Å². The van der Waals surface area contributed by atoms with E-state index >= 15 is 0 Å². The molecular weight excluding hydrogens is 352 g/mol. The lowest BCUT2D eigenvalue weighted by atomic mass is 9.93. The Labute approximate surface area is 171 Å². The third-order valence-corrected chi connectivity index (χ3v) is 7.07. The standard InChI is InChI=1S/C22H40N4O2/c1-3-24(4-2)22(28)25-14-8-10-18(17-25)21(27)23-16-20-13-9-15-26(20)19-11-6-5-7-12-19/h18-20H,3-17H2,1-2H3,(H,23,27)/t18-,20-/m1/s1. The van der Waals surface area contributed by atoms with Crippen LogP contribution in [0.5, 0.6) is 0 Å². The number of hydrogen-bond donors (Lipinski definition) is 1. The summed E-state index contributed by atoms with van der Waals surface area (Å²) >= 11 is 0. The molecule has 28 heavy (non-hydrogen) atoms. The van der Waals surface area contributed by atoms with Crippen LogP contribution < -0.4 is 5.32 Å². The Morgan fingerprint density at radius 2 is 1.64 bits per heavy atom. The van der Waals surface area contributed by atoms with Crippen molar-refractivity contribution in [2.45, 2.75) is 83.7 Å². The van der Waals surface area contributed by atoms with Crippen LogP contribution in [0.15, 0.2) is 0 Å². The first-order valence-electron chi connectivity index (χ1n) is 11.7. The summed E-state index contributed by atoms with van der Waals surface area (Å²) in [7, 11) is 0.